The van der Waals surface area contributed by atoms with Crippen LogP contribution in [0.5, 0.6) is 0 Å². The number of benzene rings is 2. The van der Waals surface area contributed by atoms with Crippen LogP contribution in [-0.4, -0.2) is 0 Å². The molecule has 2 aromatic rings. The first kappa shape index (κ1) is 14.4. The van der Waals surface area contributed by atoms with Gasteiger partial charge in [0.15, 0.2) is 0 Å². The Morgan fingerprint density at radius 2 is 0.933 bits per heavy atom. The summed E-state index contributed by atoms with van der Waals surface area (Å²) in [4.78, 5) is 0. The molecule has 0 unspecified atom stereocenters. The molecule has 0 amide bonds. The van der Waals surface area contributed by atoms with Gasteiger partial charge in [-0.3, -0.25) is 0 Å². The summed E-state index contributed by atoms with van der Waals surface area (Å²) in [7, 11) is 0. The minimum atomic E-state index is 0. The molecule has 0 saturated carbocycles. The molecular formula is C14H14Cd. The first-order valence-electron chi connectivity index (χ1n) is 4.64. The molecule has 0 atom stereocenters. The van der Waals surface area contributed by atoms with E-state index in [0.717, 1.165) is 0 Å². The van der Waals surface area contributed by atoms with E-state index in [1.54, 1.807) is 0 Å². The van der Waals surface area contributed by atoms with Crippen molar-refractivity contribution < 1.29 is 27.3 Å². The van der Waals surface area contributed by atoms with Crippen LogP contribution in [0.25, 0.3) is 0 Å². The zero-order chi connectivity index (χ0) is 10.2. The fourth-order valence-electron chi connectivity index (χ4n) is 0.940. The fourth-order valence-corrected chi connectivity index (χ4v) is 0.940. The van der Waals surface area contributed by atoms with Crippen molar-refractivity contribution in [1.82, 2.24) is 0 Å². The number of rotatable bonds is 0. The predicted molar refractivity (Wildman–Crippen MR) is 60.0 cm³/mol. The first-order chi connectivity index (χ1) is 6.79. The molecule has 0 N–H and O–H groups in total. The SMILES string of the molecule is Cc1cc[c-]cc1.Cc1cc[c-]cc1.[Cd+2]. The molecule has 1 heteroatoms. The Morgan fingerprint density at radius 3 is 1.07 bits per heavy atom. The van der Waals surface area contributed by atoms with Crippen LogP contribution in [0.4, 0.5) is 0 Å². The van der Waals surface area contributed by atoms with Gasteiger partial charge >= 0.3 is 27.3 Å². The van der Waals surface area contributed by atoms with Gasteiger partial charge in [0.05, 0.1) is 0 Å². The molecule has 0 aliphatic rings. The summed E-state index contributed by atoms with van der Waals surface area (Å²) in [5, 5.41) is 0. The Hall–Kier alpha value is -0.638. The van der Waals surface area contributed by atoms with Gasteiger partial charge in [0.1, 0.15) is 0 Å². The van der Waals surface area contributed by atoms with Gasteiger partial charge < -0.3 is 0 Å². The van der Waals surface area contributed by atoms with Gasteiger partial charge in [-0.1, -0.05) is 13.8 Å². The summed E-state index contributed by atoms with van der Waals surface area (Å²) in [6, 6.07) is 21.6. The molecule has 0 aliphatic heterocycles. The molecule has 0 fully saturated rings. The van der Waals surface area contributed by atoms with Crippen molar-refractivity contribution in [1.29, 1.82) is 0 Å². The maximum atomic E-state index is 2.93. The molecule has 0 bridgehead atoms. The van der Waals surface area contributed by atoms with Crippen molar-refractivity contribution >= 4 is 0 Å². The number of hydrogen-bond donors (Lipinski definition) is 0. The van der Waals surface area contributed by atoms with E-state index in [1.165, 1.54) is 11.1 Å². The summed E-state index contributed by atoms with van der Waals surface area (Å²) in [6.07, 6.45) is 0. The predicted octanol–water partition coefficient (Wildman–Crippen LogP) is 3.59. The smallest absolute Gasteiger partial charge is 0.184 e. The third-order valence-electron chi connectivity index (χ3n) is 1.77. The normalized spacial score (nSPS) is 8.13. The fraction of sp³-hybridized carbons (Fsp3) is 0.143. The zero-order valence-electron chi connectivity index (χ0n) is 9.33. The monoisotopic (exact) mass is 296 g/mol. The van der Waals surface area contributed by atoms with E-state index in [9.17, 15) is 0 Å². The summed E-state index contributed by atoms with van der Waals surface area (Å²) in [6.45, 7) is 4.13. The molecule has 0 nitrogen and oxygen atoms in total. The Bertz CT molecular complexity index is 303. The van der Waals surface area contributed by atoms with Crippen LogP contribution in [-0.2, 0) is 27.3 Å². The largest absolute Gasteiger partial charge is 2.00 e. The van der Waals surface area contributed by atoms with Crippen molar-refractivity contribution in [2.45, 2.75) is 13.8 Å². The number of aryl methyl sites for hydroxylation is 2. The van der Waals surface area contributed by atoms with Crippen molar-refractivity contribution in [3.63, 3.8) is 0 Å². The summed E-state index contributed by atoms with van der Waals surface area (Å²) < 4.78 is 0. The molecule has 0 radical (unpaired) electrons. The van der Waals surface area contributed by atoms with Gasteiger partial charge in [0.2, 0.25) is 0 Å². The second kappa shape index (κ2) is 8.65. The molecular weight excluding hydrogens is 281 g/mol. The molecule has 0 saturated heterocycles. The first-order valence-corrected chi connectivity index (χ1v) is 4.64. The van der Waals surface area contributed by atoms with Crippen LogP contribution >= 0.6 is 0 Å². The van der Waals surface area contributed by atoms with Crippen molar-refractivity contribution in [2.75, 3.05) is 0 Å². The van der Waals surface area contributed by atoms with E-state index in [1.807, 2.05) is 48.5 Å². The van der Waals surface area contributed by atoms with Crippen LogP contribution in [0.2, 0.25) is 0 Å². The maximum Gasteiger partial charge on any atom is 2.00 e. The van der Waals surface area contributed by atoms with Gasteiger partial charge in [0.25, 0.3) is 0 Å². The van der Waals surface area contributed by atoms with Crippen LogP contribution in [0.15, 0.2) is 48.5 Å². The third-order valence-corrected chi connectivity index (χ3v) is 1.77. The van der Waals surface area contributed by atoms with Crippen molar-refractivity contribution in [2.24, 2.45) is 0 Å². The van der Waals surface area contributed by atoms with E-state index < -0.39 is 0 Å². The second-order valence-corrected chi connectivity index (χ2v) is 3.15. The minimum Gasteiger partial charge on any atom is -0.184 e. The summed E-state index contributed by atoms with van der Waals surface area (Å²) >= 11 is 0. The maximum absolute atomic E-state index is 2.93. The van der Waals surface area contributed by atoms with Gasteiger partial charge in [0, 0.05) is 0 Å². The second-order valence-electron chi connectivity index (χ2n) is 3.15. The third kappa shape index (κ3) is 7.31. The molecule has 2 rings (SSSR count). The molecule has 72 valence electrons. The summed E-state index contributed by atoms with van der Waals surface area (Å²) in [5.74, 6) is 0. The van der Waals surface area contributed by atoms with Gasteiger partial charge in [-0.05, 0) is 0 Å². The quantitative estimate of drug-likeness (QED) is 0.514. The van der Waals surface area contributed by atoms with E-state index in [0.29, 0.717) is 0 Å². The molecule has 15 heavy (non-hydrogen) atoms. The molecule has 2 aromatic carbocycles. The molecule has 0 spiro atoms. The van der Waals surface area contributed by atoms with E-state index >= 15 is 0 Å². The zero-order valence-corrected chi connectivity index (χ0v) is 13.4. The Kier molecular flexibility index (Phi) is 8.28. The van der Waals surface area contributed by atoms with Crippen molar-refractivity contribution in [3.8, 4) is 0 Å². The van der Waals surface area contributed by atoms with Crippen LogP contribution in [0.1, 0.15) is 11.1 Å². The average molecular weight is 295 g/mol. The average Bonchev–Trinajstić information content (AvgIpc) is 2.21. The van der Waals surface area contributed by atoms with Crippen LogP contribution in [0, 0.1) is 26.0 Å². The molecule has 0 aliphatic carbocycles. The minimum absolute atomic E-state index is 0. The van der Waals surface area contributed by atoms with Gasteiger partial charge in [-0.2, -0.15) is 71.8 Å². The summed E-state index contributed by atoms with van der Waals surface area (Å²) in [5.41, 5.74) is 2.58. The van der Waals surface area contributed by atoms with E-state index in [4.69, 9.17) is 0 Å². The Balaban J connectivity index is 0.000000245. The molecule has 0 aromatic heterocycles. The molecule has 0 heterocycles. The standard InChI is InChI=1S/2C7H7.Cd/c2*1-7-5-3-2-4-6-7;/h2*3-6H,1H3;/q2*-1;+2. The van der Waals surface area contributed by atoms with Crippen LogP contribution < -0.4 is 0 Å². The van der Waals surface area contributed by atoms with Gasteiger partial charge in [-0.15, -0.1) is 0 Å². The Morgan fingerprint density at radius 1 is 0.667 bits per heavy atom. The van der Waals surface area contributed by atoms with E-state index in [2.05, 4.69) is 26.0 Å². The van der Waals surface area contributed by atoms with Crippen LogP contribution in [0.3, 0.4) is 0 Å². The topological polar surface area (TPSA) is 0 Å². The Labute approximate surface area is 113 Å². The number of hydrogen-bond acceptors (Lipinski definition) is 0. The van der Waals surface area contributed by atoms with Crippen molar-refractivity contribution in [3.05, 3.63) is 71.8 Å². The van der Waals surface area contributed by atoms with Gasteiger partial charge in [-0.25, -0.2) is 0 Å². The van der Waals surface area contributed by atoms with E-state index in [-0.39, 0.29) is 27.3 Å².